The Kier molecular flexibility index (Phi) is 5.56. The lowest BCUT2D eigenvalue weighted by atomic mass is 9.90. The zero-order chi connectivity index (χ0) is 27.2. The van der Waals surface area contributed by atoms with E-state index in [1.54, 1.807) is 0 Å². The molecule has 41 heavy (non-hydrogen) atoms. The summed E-state index contributed by atoms with van der Waals surface area (Å²) in [5.41, 5.74) is 7.12. The molecule has 1 aliphatic rings. The second kappa shape index (κ2) is 9.68. The molecular formula is C37H25N3O. The standard InChI is InChI=1S/C37H25N3O/c1-4-13-24(14-5-1)30-23-31-33-29(21-12-22-32(33)41-34(31)28-20-11-10-19-27(28)30)37-39-35(25-15-6-2-7-16-25)38-36(40-37)26-17-8-3-9-18-26/h1-4,6-13,15-23H,5,14H2. The SMILES string of the molecule is C1=CCCC(c2cc3c(oc4cccc(-c5nc(-c6ccccc6)nc(-c6ccccc6)n5)c43)c3ccccc23)=C1. The maximum atomic E-state index is 6.60. The number of hydrogen-bond donors (Lipinski definition) is 0. The Balaban J connectivity index is 1.44. The Labute approximate surface area is 237 Å². The summed E-state index contributed by atoms with van der Waals surface area (Å²) in [5, 5.41) is 4.41. The summed E-state index contributed by atoms with van der Waals surface area (Å²) in [7, 11) is 0. The lowest BCUT2D eigenvalue weighted by molar-refractivity contribution is 0.672. The van der Waals surface area contributed by atoms with Crippen LogP contribution in [0.15, 0.2) is 132 Å². The van der Waals surface area contributed by atoms with Crippen LogP contribution >= 0.6 is 0 Å². The zero-order valence-electron chi connectivity index (χ0n) is 22.3. The van der Waals surface area contributed by atoms with Crippen molar-refractivity contribution in [2.24, 2.45) is 0 Å². The molecule has 0 fully saturated rings. The Morgan fingerprint density at radius 2 is 1.22 bits per heavy atom. The van der Waals surface area contributed by atoms with Crippen LogP contribution in [0.5, 0.6) is 0 Å². The maximum absolute atomic E-state index is 6.60. The summed E-state index contributed by atoms with van der Waals surface area (Å²) in [4.78, 5) is 14.9. The summed E-state index contributed by atoms with van der Waals surface area (Å²) in [6, 6.07) is 37.2. The van der Waals surface area contributed by atoms with E-state index < -0.39 is 0 Å². The number of nitrogens with zero attached hydrogens (tertiary/aromatic N) is 3. The zero-order valence-corrected chi connectivity index (χ0v) is 22.3. The van der Waals surface area contributed by atoms with E-state index in [4.69, 9.17) is 19.4 Å². The molecule has 2 aromatic heterocycles. The van der Waals surface area contributed by atoms with Crippen LogP contribution in [0.1, 0.15) is 18.4 Å². The minimum Gasteiger partial charge on any atom is -0.455 e. The number of rotatable bonds is 4. The Morgan fingerprint density at radius 1 is 0.561 bits per heavy atom. The highest BCUT2D eigenvalue weighted by atomic mass is 16.3. The predicted octanol–water partition coefficient (Wildman–Crippen LogP) is 9.66. The third-order valence-electron chi connectivity index (χ3n) is 7.80. The number of benzene rings is 5. The molecule has 4 nitrogen and oxygen atoms in total. The molecule has 0 atom stereocenters. The van der Waals surface area contributed by atoms with Crippen LogP contribution in [0.25, 0.3) is 72.4 Å². The predicted molar refractivity (Wildman–Crippen MR) is 167 cm³/mol. The van der Waals surface area contributed by atoms with Gasteiger partial charge in [-0.2, -0.15) is 0 Å². The van der Waals surface area contributed by atoms with Gasteiger partial charge in [-0.3, -0.25) is 0 Å². The van der Waals surface area contributed by atoms with Crippen molar-refractivity contribution in [3.63, 3.8) is 0 Å². The Hall–Kier alpha value is -5.35. The van der Waals surface area contributed by atoms with Gasteiger partial charge in [0.15, 0.2) is 17.5 Å². The second-order valence-corrected chi connectivity index (χ2v) is 10.3. The van der Waals surface area contributed by atoms with Gasteiger partial charge in [0, 0.05) is 32.8 Å². The molecule has 0 bridgehead atoms. The minimum absolute atomic E-state index is 0.625. The minimum atomic E-state index is 0.625. The summed E-state index contributed by atoms with van der Waals surface area (Å²) in [5.74, 6) is 1.91. The smallest absolute Gasteiger partial charge is 0.164 e. The highest BCUT2D eigenvalue weighted by molar-refractivity contribution is 6.20. The van der Waals surface area contributed by atoms with Crippen molar-refractivity contribution in [2.75, 3.05) is 0 Å². The second-order valence-electron chi connectivity index (χ2n) is 10.3. The van der Waals surface area contributed by atoms with Gasteiger partial charge in [0.05, 0.1) is 0 Å². The molecule has 0 saturated carbocycles. The van der Waals surface area contributed by atoms with Crippen molar-refractivity contribution < 1.29 is 4.42 Å². The molecule has 0 spiro atoms. The molecule has 0 amide bonds. The van der Waals surface area contributed by atoms with Crippen molar-refractivity contribution in [1.82, 2.24) is 15.0 Å². The van der Waals surface area contributed by atoms with Crippen molar-refractivity contribution >= 4 is 38.3 Å². The van der Waals surface area contributed by atoms with Gasteiger partial charge >= 0.3 is 0 Å². The van der Waals surface area contributed by atoms with Gasteiger partial charge in [-0.1, -0.05) is 115 Å². The highest BCUT2D eigenvalue weighted by Crippen LogP contribution is 2.42. The van der Waals surface area contributed by atoms with Crippen LogP contribution in [0.3, 0.4) is 0 Å². The third kappa shape index (κ3) is 4.04. The fourth-order valence-corrected chi connectivity index (χ4v) is 5.86. The summed E-state index contributed by atoms with van der Waals surface area (Å²) in [6.07, 6.45) is 8.70. The number of allylic oxidation sites excluding steroid dienone is 4. The summed E-state index contributed by atoms with van der Waals surface area (Å²) < 4.78 is 6.60. The van der Waals surface area contributed by atoms with E-state index in [-0.39, 0.29) is 0 Å². The molecule has 0 N–H and O–H groups in total. The summed E-state index contributed by atoms with van der Waals surface area (Å²) >= 11 is 0. The molecule has 0 aliphatic heterocycles. The normalized spacial score (nSPS) is 13.2. The molecule has 0 unspecified atom stereocenters. The van der Waals surface area contributed by atoms with Crippen LogP contribution < -0.4 is 0 Å². The van der Waals surface area contributed by atoms with Crippen molar-refractivity contribution in [3.05, 3.63) is 133 Å². The number of hydrogen-bond acceptors (Lipinski definition) is 4. The Morgan fingerprint density at radius 3 is 1.90 bits per heavy atom. The van der Waals surface area contributed by atoms with Crippen molar-refractivity contribution in [2.45, 2.75) is 12.8 Å². The average Bonchev–Trinajstić information content (AvgIpc) is 3.44. The molecular weight excluding hydrogens is 502 g/mol. The number of aromatic nitrogens is 3. The molecule has 5 aromatic carbocycles. The lowest BCUT2D eigenvalue weighted by Crippen LogP contribution is -2.00. The van der Waals surface area contributed by atoms with Gasteiger partial charge < -0.3 is 4.42 Å². The highest BCUT2D eigenvalue weighted by Gasteiger charge is 2.21. The van der Waals surface area contributed by atoms with Crippen LogP contribution in [0.4, 0.5) is 0 Å². The first-order valence-electron chi connectivity index (χ1n) is 13.9. The van der Waals surface area contributed by atoms with Gasteiger partial charge in [-0.05, 0) is 41.5 Å². The van der Waals surface area contributed by atoms with E-state index in [1.165, 1.54) is 16.5 Å². The molecule has 194 valence electrons. The van der Waals surface area contributed by atoms with Crippen LogP contribution in [0, 0.1) is 0 Å². The van der Waals surface area contributed by atoms with E-state index in [0.29, 0.717) is 17.5 Å². The average molecular weight is 528 g/mol. The first-order chi connectivity index (χ1) is 20.3. The first-order valence-corrected chi connectivity index (χ1v) is 13.9. The third-order valence-corrected chi connectivity index (χ3v) is 7.80. The molecule has 7 aromatic rings. The van der Waals surface area contributed by atoms with Crippen LogP contribution in [-0.2, 0) is 0 Å². The van der Waals surface area contributed by atoms with Gasteiger partial charge in [-0.25, -0.2) is 15.0 Å². The maximum Gasteiger partial charge on any atom is 0.164 e. The molecule has 8 rings (SSSR count). The topological polar surface area (TPSA) is 51.8 Å². The summed E-state index contributed by atoms with van der Waals surface area (Å²) in [6.45, 7) is 0. The first kappa shape index (κ1) is 23.5. The Bertz CT molecular complexity index is 2080. The van der Waals surface area contributed by atoms with E-state index in [1.807, 2.05) is 72.8 Å². The van der Waals surface area contributed by atoms with E-state index >= 15 is 0 Å². The molecule has 0 radical (unpaired) electrons. The largest absolute Gasteiger partial charge is 0.455 e. The number of fused-ring (bicyclic) bond motifs is 5. The lowest BCUT2D eigenvalue weighted by Gasteiger charge is -2.13. The van der Waals surface area contributed by atoms with E-state index in [0.717, 1.165) is 56.9 Å². The van der Waals surface area contributed by atoms with Crippen molar-refractivity contribution in [3.8, 4) is 34.2 Å². The van der Waals surface area contributed by atoms with Crippen LogP contribution in [0.2, 0.25) is 0 Å². The van der Waals surface area contributed by atoms with Gasteiger partial charge in [0.1, 0.15) is 11.2 Å². The van der Waals surface area contributed by atoms with E-state index in [2.05, 4.69) is 54.6 Å². The fraction of sp³-hybridized carbons (Fsp3) is 0.0541. The van der Waals surface area contributed by atoms with Crippen molar-refractivity contribution in [1.29, 1.82) is 0 Å². The van der Waals surface area contributed by atoms with E-state index in [9.17, 15) is 0 Å². The monoisotopic (exact) mass is 527 g/mol. The number of furan rings is 1. The molecule has 1 aliphatic carbocycles. The van der Waals surface area contributed by atoms with Gasteiger partial charge in [0.25, 0.3) is 0 Å². The van der Waals surface area contributed by atoms with Crippen LogP contribution in [-0.4, -0.2) is 15.0 Å². The molecule has 2 heterocycles. The van der Waals surface area contributed by atoms with Gasteiger partial charge in [-0.15, -0.1) is 0 Å². The molecule has 0 saturated heterocycles. The molecule has 4 heteroatoms. The quantitative estimate of drug-likeness (QED) is 0.229. The van der Waals surface area contributed by atoms with Gasteiger partial charge in [0.2, 0.25) is 0 Å². The fourth-order valence-electron chi connectivity index (χ4n) is 5.86.